The van der Waals surface area contributed by atoms with Gasteiger partial charge in [0.05, 0.1) is 10.8 Å². The van der Waals surface area contributed by atoms with Crippen LogP contribution < -0.4 is 4.72 Å². The van der Waals surface area contributed by atoms with Gasteiger partial charge < -0.3 is 5.11 Å². The maximum atomic E-state index is 12.1. The Kier molecular flexibility index (Phi) is 5.34. The van der Waals surface area contributed by atoms with E-state index >= 15 is 0 Å². The maximum absolute atomic E-state index is 12.1. The van der Waals surface area contributed by atoms with E-state index in [9.17, 15) is 13.2 Å². The fourth-order valence-electron chi connectivity index (χ4n) is 1.57. The molecular formula is C12H16ClNO4S. The molecule has 5 nitrogen and oxygen atoms in total. The standard InChI is InChI=1S/C12H16ClNO4S/c1-3-9(12(15)16)7-14-19(17,18)11-6-4-5-10(13)8(11)2/h4-6,9,14H,3,7H2,1-2H3,(H,15,16). The SMILES string of the molecule is CCC(CNS(=O)(=O)c1cccc(Cl)c1C)C(=O)O. The van der Waals surface area contributed by atoms with Crippen LogP contribution in [0.4, 0.5) is 0 Å². The molecule has 0 bridgehead atoms. The Labute approximate surface area is 117 Å². The second kappa shape index (κ2) is 6.36. The zero-order valence-electron chi connectivity index (χ0n) is 10.7. The minimum atomic E-state index is -3.75. The van der Waals surface area contributed by atoms with E-state index in [0.717, 1.165) is 0 Å². The third kappa shape index (κ3) is 3.92. The van der Waals surface area contributed by atoms with Crippen molar-refractivity contribution in [2.75, 3.05) is 6.54 Å². The molecule has 0 fully saturated rings. The molecule has 0 aliphatic carbocycles. The zero-order valence-corrected chi connectivity index (χ0v) is 12.3. The van der Waals surface area contributed by atoms with E-state index in [-0.39, 0.29) is 11.4 Å². The molecule has 106 valence electrons. The second-order valence-electron chi connectivity index (χ2n) is 4.16. The highest BCUT2D eigenvalue weighted by Crippen LogP contribution is 2.22. The van der Waals surface area contributed by atoms with E-state index in [4.69, 9.17) is 16.7 Å². The Bertz CT molecular complexity index is 571. The summed E-state index contributed by atoms with van der Waals surface area (Å²) in [6.45, 7) is 3.16. The summed E-state index contributed by atoms with van der Waals surface area (Å²) in [5.41, 5.74) is 0.444. The molecule has 1 aromatic rings. The largest absolute Gasteiger partial charge is 0.481 e. The number of carboxylic acids is 1. The molecule has 0 spiro atoms. The van der Waals surface area contributed by atoms with Crippen LogP contribution in [0, 0.1) is 12.8 Å². The molecule has 1 atom stereocenters. The highest BCUT2D eigenvalue weighted by atomic mass is 35.5. The van der Waals surface area contributed by atoms with Gasteiger partial charge in [-0.05, 0) is 31.0 Å². The summed E-state index contributed by atoms with van der Waals surface area (Å²) >= 11 is 5.87. The molecule has 1 unspecified atom stereocenters. The average molecular weight is 306 g/mol. The lowest BCUT2D eigenvalue weighted by Gasteiger charge is -2.13. The summed E-state index contributed by atoms with van der Waals surface area (Å²) in [5.74, 6) is -1.76. The van der Waals surface area contributed by atoms with Gasteiger partial charge >= 0.3 is 5.97 Å². The Morgan fingerprint density at radius 3 is 2.63 bits per heavy atom. The average Bonchev–Trinajstić information content (AvgIpc) is 2.32. The summed E-state index contributed by atoms with van der Waals surface area (Å²) < 4.78 is 26.5. The number of sulfonamides is 1. The van der Waals surface area contributed by atoms with Gasteiger partial charge in [-0.25, -0.2) is 13.1 Å². The molecular weight excluding hydrogens is 290 g/mol. The first kappa shape index (κ1) is 15.9. The lowest BCUT2D eigenvalue weighted by Crippen LogP contribution is -2.33. The molecule has 19 heavy (non-hydrogen) atoms. The van der Waals surface area contributed by atoms with Crippen LogP contribution in [0.2, 0.25) is 5.02 Å². The fraction of sp³-hybridized carbons (Fsp3) is 0.417. The molecule has 0 heterocycles. The first-order valence-electron chi connectivity index (χ1n) is 5.77. The predicted octanol–water partition coefficient (Wildman–Crippen LogP) is 2.04. The van der Waals surface area contributed by atoms with E-state index in [0.29, 0.717) is 17.0 Å². The zero-order chi connectivity index (χ0) is 14.6. The normalized spacial score (nSPS) is 13.2. The second-order valence-corrected chi connectivity index (χ2v) is 6.30. The van der Waals surface area contributed by atoms with Gasteiger partial charge in [0.2, 0.25) is 10.0 Å². The van der Waals surface area contributed by atoms with E-state index < -0.39 is 21.9 Å². The van der Waals surface area contributed by atoms with Crippen LogP contribution in [0.5, 0.6) is 0 Å². The number of rotatable bonds is 6. The Morgan fingerprint density at radius 1 is 1.47 bits per heavy atom. The minimum Gasteiger partial charge on any atom is -0.481 e. The fourth-order valence-corrected chi connectivity index (χ4v) is 3.15. The van der Waals surface area contributed by atoms with Crippen LogP contribution in [0.3, 0.4) is 0 Å². The van der Waals surface area contributed by atoms with Gasteiger partial charge in [-0.2, -0.15) is 0 Å². The van der Waals surface area contributed by atoms with Crippen LogP contribution in [0.15, 0.2) is 23.1 Å². The first-order valence-corrected chi connectivity index (χ1v) is 7.63. The van der Waals surface area contributed by atoms with E-state index in [2.05, 4.69) is 4.72 Å². The van der Waals surface area contributed by atoms with Crippen LogP contribution in [0.25, 0.3) is 0 Å². The van der Waals surface area contributed by atoms with E-state index in [1.165, 1.54) is 6.07 Å². The van der Waals surface area contributed by atoms with Crippen LogP contribution >= 0.6 is 11.6 Å². The molecule has 0 amide bonds. The number of carboxylic acid groups (broad SMARTS) is 1. The third-order valence-electron chi connectivity index (χ3n) is 2.87. The van der Waals surface area contributed by atoms with Gasteiger partial charge in [0, 0.05) is 11.6 Å². The molecule has 0 aliphatic heterocycles. The lowest BCUT2D eigenvalue weighted by molar-refractivity contribution is -0.141. The molecule has 0 radical (unpaired) electrons. The molecule has 0 saturated carbocycles. The Hall–Kier alpha value is -1.11. The summed E-state index contributed by atoms with van der Waals surface area (Å²) in [4.78, 5) is 10.9. The van der Waals surface area contributed by atoms with Gasteiger partial charge in [0.1, 0.15) is 0 Å². The predicted molar refractivity (Wildman–Crippen MR) is 72.8 cm³/mol. The van der Waals surface area contributed by atoms with Crippen molar-refractivity contribution in [3.05, 3.63) is 28.8 Å². The Morgan fingerprint density at radius 2 is 2.11 bits per heavy atom. The number of aliphatic carboxylic acids is 1. The van der Waals surface area contributed by atoms with Gasteiger partial charge in [-0.1, -0.05) is 24.6 Å². The van der Waals surface area contributed by atoms with E-state index in [1.807, 2.05) is 0 Å². The van der Waals surface area contributed by atoms with Gasteiger partial charge in [0.15, 0.2) is 0 Å². The number of hydrogen-bond donors (Lipinski definition) is 2. The van der Waals surface area contributed by atoms with Gasteiger partial charge in [0.25, 0.3) is 0 Å². The summed E-state index contributed by atoms with van der Waals surface area (Å²) in [7, 11) is -3.75. The number of nitrogens with one attached hydrogen (secondary N) is 1. The smallest absolute Gasteiger partial charge is 0.307 e. The number of hydrogen-bond acceptors (Lipinski definition) is 3. The third-order valence-corrected chi connectivity index (χ3v) is 4.85. The van der Waals surface area contributed by atoms with Crippen molar-refractivity contribution in [2.24, 2.45) is 5.92 Å². The molecule has 1 aromatic carbocycles. The maximum Gasteiger partial charge on any atom is 0.307 e. The summed E-state index contributed by atoms with van der Waals surface area (Å²) in [5, 5.41) is 9.24. The van der Waals surface area contributed by atoms with Crippen molar-refractivity contribution in [3.63, 3.8) is 0 Å². The molecule has 0 saturated heterocycles. The molecule has 1 rings (SSSR count). The number of benzene rings is 1. The Balaban J connectivity index is 2.93. The summed E-state index contributed by atoms with van der Waals surface area (Å²) in [6, 6.07) is 4.58. The van der Waals surface area contributed by atoms with Crippen molar-refractivity contribution >= 4 is 27.6 Å². The molecule has 2 N–H and O–H groups in total. The highest BCUT2D eigenvalue weighted by molar-refractivity contribution is 7.89. The van der Waals surface area contributed by atoms with Crippen molar-refractivity contribution in [2.45, 2.75) is 25.2 Å². The number of halogens is 1. The summed E-state index contributed by atoms with van der Waals surface area (Å²) in [6.07, 6.45) is 0.354. The van der Waals surface area contributed by atoms with E-state index in [1.54, 1.807) is 26.0 Å². The van der Waals surface area contributed by atoms with Crippen molar-refractivity contribution in [1.82, 2.24) is 4.72 Å². The van der Waals surface area contributed by atoms with Crippen molar-refractivity contribution in [1.29, 1.82) is 0 Å². The van der Waals surface area contributed by atoms with Crippen LogP contribution in [-0.4, -0.2) is 26.0 Å². The number of carbonyl (C=O) groups is 1. The topological polar surface area (TPSA) is 83.5 Å². The highest BCUT2D eigenvalue weighted by Gasteiger charge is 2.22. The van der Waals surface area contributed by atoms with Gasteiger partial charge in [-0.15, -0.1) is 0 Å². The van der Waals surface area contributed by atoms with Crippen molar-refractivity contribution < 1.29 is 18.3 Å². The quantitative estimate of drug-likeness (QED) is 0.842. The van der Waals surface area contributed by atoms with Crippen LogP contribution in [0.1, 0.15) is 18.9 Å². The van der Waals surface area contributed by atoms with Crippen molar-refractivity contribution in [3.8, 4) is 0 Å². The van der Waals surface area contributed by atoms with Gasteiger partial charge in [-0.3, -0.25) is 4.79 Å². The molecule has 0 aliphatic rings. The monoisotopic (exact) mass is 305 g/mol. The lowest BCUT2D eigenvalue weighted by atomic mass is 10.1. The molecule has 7 heteroatoms. The minimum absolute atomic E-state index is 0.0697. The van der Waals surface area contributed by atoms with Crippen LogP contribution in [-0.2, 0) is 14.8 Å². The molecule has 0 aromatic heterocycles. The first-order chi connectivity index (χ1) is 8.79.